The van der Waals surface area contributed by atoms with Crippen molar-refractivity contribution in [1.82, 2.24) is 9.78 Å². The number of hydrogen-bond acceptors (Lipinski definition) is 3. The maximum Gasteiger partial charge on any atom is 0.435 e. The quantitative estimate of drug-likeness (QED) is 0.879. The van der Waals surface area contributed by atoms with Crippen LogP contribution in [-0.2, 0) is 13.2 Å². The monoisotopic (exact) mass is 312 g/mol. The van der Waals surface area contributed by atoms with Crippen LogP contribution in [0.2, 0.25) is 0 Å². The van der Waals surface area contributed by atoms with Gasteiger partial charge in [-0.1, -0.05) is 12.1 Å². The fraction of sp³-hybridized carbons (Fsp3) is 0.400. The minimum Gasteiger partial charge on any atom is -0.493 e. The van der Waals surface area contributed by atoms with Crippen molar-refractivity contribution in [2.45, 2.75) is 25.1 Å². The van der Waals surface area contributed by atoms with Gasteiger partial charge in [0.05, 0.1) is 18.4 Å². The smallest absolute Gasteiger partial charge is 0.435 e. The molecule has 0 spiro atoms. The Bertz CT molecular complexity index is 695. The molecule has 4 nitrogen and oxygen atoms in total. The van der Waals surface area contributed by atoms with Crippen molar-refractivity contribution in [2.75, 3.05) is 6.61 Å². The van der Waals surface area contributed by atoms with Crippen molar-refractivity contribution < 1.29 is 23.0 Å². The van der Waals surface area contributed by atoms with E-state index in [0.29, 0.717) is 35.6 Å². The molecule has 1 N–H and O–H groups in total. The number of aliphatic hydroxyl groups is 1. The second-order valence-electron chi connectivity index (χ2n) is 5.30. The van der Waals surface area contributed by atoms with E-state index in [2.05, 4.69) is 5.10 Å². The molecule has 118 valence electrons. The van der Waals surface area contributed by atoms with Crippen LogP contribution < -0.4 is 4.74 Å². The average Bonchev–Trinajstić information content (AvgIpc) is 2.75. The van der Waals surface area contributed by atoms with Crippen LogP contribution in [0.15, 0.2) is 24.3 Å². The lowest BCUT2D eigenvalue weighted by Crippen LogP contribution is -2.06. The highest BCUT2D eigenvalue weighted by Crippen LogP contribution is 2.36. The van der Waals surface area contributed by atoms with Crippen LogP contribution in [0.3, 0.4) is 0 Å². The molecule has 0 radical (unpaired) electrons. The van der Waals surface area contributed by atoms with Gasteiger partial charge in [-0.05, 0) is 25.0 Å². The van der Waals surface area contributed by atoms with Crippen LogP contribution in [0.25, 0.3) is 11.3 Å². The van der Waals surface area contributed by atoms with Crippen LogP contribution in [0.4, 0.5) is 13.2 Å². The summed E-state index contributed by atoms with van der Waals surface area (Å²) in [5, 5.41) is 13.5. The van der Waals surface area contributed by atoms with E-state index in [1.807, 2.05) is 0 Å². The van der Waals surface area contributed by atoms with Gasteiger partial charge in [0.25, 0.3) is 0 Å². The first-order valence-electron chi connectivity index (χ1n) is 6.92. The number of hydrogen-bond donors (Lipinski definition) is 1. The molecule has 7 heteroatoms. The molecule has 0 fully saturated rings. The number of halogens is 3. The first kappa shape index (κ1) is 14.9. The minimum atomic E-state index is -4.48. The van der Waals surface area contributed by atoms with Crippen molar-refractivity contribution in [3.63, 3.8) is 0 Å². The Morgan fingerprint density at radius 1 is 1.32 bits per heavy atom. The molecule has 2 heterocycles. The van der Waals surface area contributed by atoms with Crippen LogP contribution in [0.5, 0.6) is 5.75 Å². The number of rotatable bonds is 1. The van der Waals surface area contributed by atoms with E-state index in [4.69, 9.17) is 4.74 Å². The van der Waals surface area contributed by atoms with Crippen molar-refractivity contribution in [3.05, 3.63) is 35.5 Å². The zero-order valence-electron chi connectivity index (χ0n) is 11.9. The predicted octanol–water partition coefficient (Wildman–Crippen LogP) is 3.31. The maximum atomic E-state index is 12.7. The van der Waals surface area contributed by atoms with Gasteiger partial charge < -0.3 is 9.84 Å². The summed E-state index contributed by atoms with van der Waals surface area (Å²) in [6.07, 6.45) is -3.75. The first-order chi connectivity index (χ1) is 10.4. The van der Waals surface area contributed by atoms with E-state index in [-0.39, 0.29) is 0 Å². The number of fused-ring (bicyclic) bond motifs is 1. The van der Waals surface area contributed by atoms with Gasteiger partial charge in [0.1, 0.15) is 5.75 Å². The third-order valence-electron chi connectivity index (χ3n) is 3.72. The molecule has 1 atom stereocenters. The summed E-state index contributed by atoms with van der Waals surface area (Å²) in [6.45, 7) is 0.479. The lowest BCUT2D eigenvalue weighted by atomic mass is 10.0. The first-order valence-corrected chi connectivity index (χ1v) is 6.92. The maximum absolute atomic E-state index is 12.7. The van der Waals surface area contributed by atoms with Gasteiger partial charge >= 0.3 is 6.18 Å². The number of nitrogens with zero attached hydrogens (tertiary/aromatic N) is 2. The van der Waals surface area contributed by atoms with E-state index in [0.717, 1.165) is 12.5 Å². The molecule has 0 saturated heterocycles. The molecule has 1 aliphatic heterocycles. The molecule has 3 rings (SSSR count). The number of aromatic nitrogens is 2. The Morgan fingerprint density at radius 2 is 2.09 bits per heavy atom. The van der Waals surface area contributed by atoms with E-state index >= 15 is 0 Å². The van der Waals surface area contributed by atoms with E-state index in [9.17, 15) is 18.3 Å². The van der Waals surface area contributed by atoms with Crippen LogP contribution >= 0.6 is 0 Å². The van der Waals surface area contributed by atoms with E-state index in [1.54, 1.807) is 18.2 Å². The molecule has 0 bridgehead atoms. The van der Waals surface area contributed by atoms with Crippen LogP contribution in [0, 0.1) is 0 Å². The summed E-state index contributed by atoms with van der Waals surface area (Å²) in [5.74, 6) is 0.511. The van der Waals surface area contributed by atoms with Gasteiger partial charge in [0.15, 0.2) is 5.69 Å². The standard InChI is InChI=1S/C15H15F3N2O2/c1-20-11(8-14(19-20)15(16,17)18)9-4-5-10-12(21)3-2-6-22-13(10)7-9/h4-5,7-8,12,21H,2-3,6H2,1H3/t12-/m0/s1. The molecule has 1 aromatic heterocycles. The summed E-state index contributed by atoms with van der Waals surface area (Å²) in [5.41, 5.74) is 0.649. The number of aryl methyl sites for hydroxylation is 1. The highest BCUT2D eigenvalue weighted by molar-refractivity contribution is 5.64. The Morgan fingerprint density at radius 3 is 2.77 bits per heavy atom. The lowest BCUT2D eigenvalue weighted by molar-refractivity contribution is -0.141. The van der Waals surface area contributed by atoms with Gasteiger partial charge in [-0.15, -0.1) is 0 Å². The summed E-state index contributed by atoms with van der Waals surface area (Å²) < 4.78 is 45.0. The Kier molecular flexibility index (Phi) is 3.60. The number of benzene rings is 1. The van der Waals surface area contributed by atoms with Crippen molar-refractivity contribution in [2.24, 2.45) is 7.05 Å². The summed E-state index contributed by atoms with van der Waals surface area (Å²) in [6, 6.07) is 6.03. The highest BCUT2D eigenvalue weighted by Gasteiger charge is 2.34. The third kappa shape index (κ3) is 2.68. The molecule has 0 amide bonds. The van der Waals surface area contributed by atoms with Crippen molar-refractivity contribution in [1.29, 1.82) is 0 Å². The molecule has 0 saturated carbocycles. The molecular weight excluding hydrogens is 297 g/mol. The largest absolute Gasteiger partial charge is 0.493 e. The SMILES string of the molecule is Cn1nc(C(F)(F)F)cc1-c1ccc2c(c1)OCCC[C@@H]2O. The lowest BCUT2D eigenvalue weighted by Gasteiger charge is -2.12. The minimum absolute atomic E-state index is 0.345. The topological polar surface area (TPSA) is 47.3 Å². The van der Waals surface area contributed by atoms with Gasteiger partial charge in [-0.25, -0.2) is 0 Å². The highest BCUT2D eigenvalue weighted by atomic mass is 19.4. The molecule has 1 aliphatic rings. The molecule has 22 heavy (non-hydrogen) atoms. The molecule has 1 aromatic carbocycles. The van der Waals surface area contributed by atoms with E-state index in [1.165, 1.54) is 11.7 Å². The van der Waals surface area contributed by atoms with Crippen LogP contribution in [0.1, 0.15) is 30.2 Å². The molecule has 2 aromatic rings. The fourth-order valence-electron chi connectivity index (χ4n) is 2.58. The fourth-order valence-corrected chi connectivity index (χ4v) is 2.58. The second-order valence-corrected chi connectivity index (χ2v) is 5.30. The summed E-state index contributed by atoms with van der Waals surface area (Å²) in [7, 11) is 1.46. The molecule has 0 aliphatic carbocycles. The Labute approximate surface area is 125 Å². The summed E-state index contributed by atoms with van der Waals surface area (Å²) >= 11 is 0. The normalized spacial score (nSPS) is 18.5. The number of aliphatic hydroxyl groups excluding tert-OH is 1. The summed E-state index contributed by atoms with van der Waals surface area (Å²) in [4.78, 5) is 0. The zero-order valence-corrected chi connectivity index (χ0v) is 11.9. The number of alkyl halides is 3. The number of ether oxygens (including phenoxy) is 1. The van der Waals surface area contributed by atoms with E-state index < -0.39 is 18.0 Å². The van der Waals surface area contributed by atoms with Crippen molar-refractivity contribution in [3.8, 4) is 17.0 Å². The zero-order chi connectivity index (χ0) is 15.9. The second kappa shape index (κ2) is 5.31. The van der Waals surface area contributed by atoms with Gasteiger partial charge in [0.2, 0.25) is 0 Å². The predicted molar refractivity (Wildman–Crippen MR) is 73.3 cm³/mol. The Hall–Kier alpha value is -2.02. The van der Waals surface area contributed by atoms with Crippen LogP contribution in [-0.4, -0.2) is 21.5 Å². The van der Waals surface area contributed by atoms with Gasteiger partial charge in [0, 0.05) is 18.2 Å². The molecular formula is C15H15F3N2O2. The van der Waals surface area contributed by atoms with Gasteiger partial charge in [-0.3, -0.25) is 4.68 Å². The Balaban J connectivity index is 2.03. The molecule has 0 unspecified atom stereocenters. The van der Waals surface area contributed by atoms with Crippen molar-refractivity contribution >= 4 is 0 Å². The van der Waals surface area contributed by atoms with Gasteiger partial charge in [-0.2, -0.15) is 18.3 Å². The average molecular weight is 312 g/mol. The third-order valence-corrected chi connectivity index (χ3v) is 3.72.